The largest absolute Gasteiger partial charge is 0.480 e. The summed E-state index contributed by atoms with van der Waals surface area (Å²) in [5, 5.41) is 11.6. The van der Waals surface area contributed by atoms with E-state index >= 15 is 0 Å². The summed E-state index contributed by atoms with van der Waals surface area (Å²) in [5.74, 6) is -1.50. The number of nitrogens with two attached hydrogens (primary N) is 1. The van der Waals surface area contributed by atoms with Gasteiger partial charge in [0, 0.05) is 25.0 Å². The summed E-state index contributed by atoms with van der Waals surface area (Å²) < 4.78 is 4.87. The Balaban J connectivity index is 2.69. The summed E-state index contributed by atoms with van der Waals surface area (Å²) in [6.07, 6.45) is 0.875. The fraction of sp³-hybridized carbons (Fsp3) is 0.429. The third kappa shape index (κ3) is 4.55. The first-order chi connectivity index (χ1) is 9.45. The SMILES string of the molecule is COCCCC(NC(=O)c1ccc(C)c(N)c1)C(=O)O. The number of aryl methyl sites for hydroxylation is 1. The zero-order valence-electron chi connectivity index (χ0n) is 11.7. The number of carbonyl (C=O) groups is 2. The molecular weight excluding hydrogens is 260 g/mol. The lowest BCUT2D eigenvalue weighted by molar-refractivity contribution is -0.139. The maximum Gasteiger partial charge on any atom is 0.326 e. The van der Waals surface area contributed by atoms with Crippen molar-refractivity contribution < 1.29 is 19.4 Å². The first-order valence-electron chi connectivity index (χ1n) is 6.34. The van der Waals surface area contributed by atoms with Crippen LogP contribution in [-0.2, 0) is 9.53 Å². The minimum absolute atomic E-state index is 0.316. The Morgan fingerprint density at radius 2 is 2.15 bits per heavy atom. The van der Waals surface area contributed by atoms with Crippen LogP contribution in [0, 0.1) is 6.92 Å². The van der Waals surface area contributed by atoms with E-state index in [-0.39, 0.29) is 0 Å². The van der Waals surface area contributed by atoms with Gasteiger partial charge in [-0.15, -0.1) is 0 Å². The minimum atomic E-state index is -1.06. The lowest BCUT2D eigenvalue weighted by Crippen LogP contribution is -2.40. The van der Waals surface area contributed by atoms with E-state index in [1.54, 1.807) is 25.3 Å². The highest BCUT2D eigenvalue weighted by atomic mass is 16.5. The summed E-state index contributed by atoms with van der Waals surface area (Å²) in [6, 6.07) is 3.96. The van der Waals surface area contributed by atoms with Gasteiger partial charge in [0.1, 0.15) is 6.04 Å². The van der Waals surface area contributed by atoms with E-state index in [9.17, 15) is 9.59 Å². The summed E-state index contributed by atoms with van der Waals surface area (Å²) in [4.78, 5) is 23.1. The van der Waals surface area contributed by atoms with E-state index in [1.807, 2.05) is 6.92 Å². The van der Waals surface area contributed by atoms with Crippen LogP contribution in [0.15, 0.2) is 18.2 Å². The molecule has 0 aliphatic heterocycles. The van der Waals surface area contributed by atoms with Gasteiger partial charge in [-0.05, 0) is 37.5 Å². The molecule has 0 aliphatic rings. The average molecular weight is 280 g/mol. The summed E-state index contributed by atoms with van der Waals surface area (Å²) in [6.45, 7) is 2.29. The van der Waals surface area contributed by atoms with Crippen LogP contribution in [0.2, 0.25) is 0 Å². The zero-order chi connectivity index (χ0) is 15.1. The van der Waals surface area contributed by atoms with Gasteiger partial charge >= 0.3 is 5.97 Å². The molecule has 1 amide bonds. The van der Waals surface area contributed by atoms with E-state index in [4.69, 9.17) is 15.6 Å². The third-order valence-electron chi connectivity index (χ3n) is 2.99. The van der Waals surface area contributed by atoms with Crippen LogP contribution < -0.4 is 11.1 Å². The van der Waals surface area contributed by atoms with Crippen molar-refractivity contribution in [2.24, 2.45) is 0 Å². The molecule has 0 heterocycles. The first-order valence-corrected chi connectivity index (χ1v) is 6.34. The fourth-order valence-electron chi connectivity index (χ4n) is 1.71. The average Bonchev–Trinajstić information content (AvgIpc) is 2.40. The summed E-state index contributed by atoms with van der Waals surface area (Å²) in [7, 11) is 1.55. The Bertz CT molecular complexity index is 488. The number of nitrogens with one attached hydrogen (secondary N) is 1. The number of methoxy groups -OCH3 is 1. The van der Waals surface area contributed by atoms with E-state index in [1.165, 1.54) is 0 Å². The number of carboxylic acids is 1. The monoisotopic (exact) mass is 280 g/mol. The van der Waals surface area contributed by atoms with E-state index in [0.29, 0.717) is 30.7 Å². The van der Waals surface area contributed by atoms with Crippen LogP contribution >= 0.6 is 0 Å². The van der Waals surface area contributed by atoms with Gasteiger partial charge in [-0.2, -0.15) is 0 Å². The predicted molar refractivity (Wildman–Crippen MR) is 75.6 cm³/mol. The maximum absolute atomic E-state index is 12.0. The van der Waals surface area contributed by atoms with Crippen LogP contribution in [0.25, 0.3) is 0 Å². The molecule has 1 aromatic carbocycles. The van der Waals surface area contributed by atoms with Gasteiger partial charge < -0.3 is 20.9 Å². The van der Waals surface area contributed by atoms with Crippen molar-refractivity contribution in [3.8, 4) is 0 Å². The van der Waals surface area contributed by atoms with Crippen molar-refractivity contribution in [3.05, 3.63) is 29.3 Å². The molecule has 110 valence electrons. The Morgan fingerprint density at radius 1 is 1.45 bits per heavy atom. The molecule has 0 aromatic heterocycles. The second-order valence-corrected chi connectivity index (χ2v) is 4.57. The van der Waals surface area contributed by atoms with Gasteiger partial charge in [0.2, 0.25) is 0 Å². The van der Waals surface area contributed by atoms with Crippen LogP contribution in [0.4, 0.5) is 5.69 Å². The number of rotatable bonds is 7. The molecule has 6 nitrogen and oxygen atoms in total. The van der Waals surface area contributed by atoms with Crippen molar-refractivity contribution in [2.45, 2.75) is 25.8 Å². The molecule has 1 rings (SSSR count). The number of aliphatic carboxylic acids is 1. The van der Waals surface area contributed by atoms with E-state index in [2.05, 4.69) is 5.32 Å². The number of anilines is 1. The molecule has 20 heavy (non-hydrogen) atoms. The van der Waals surface area contributed by atoms with Crippen molar-refractivity contribution in [2.75, 3.05) is 19.5 Å². The number of benzene rings is 1. The molecule has 0 bridgehead atoms. The molecule has 0 saturated heterocycles. The number of amides is 1. The van der Waals surface area contributed by atoms with Crippen LogP contribution in [0.5, 0.6) is 0 Å². The highest BCUT2D eigenvalue weighted by Crippen LogP contribution is 2.13. The van der Waals surface area contributed by atoms with E-state index < -0.39 is 17.9 Å². The van der Waals surface area contributed by atoms with Crippen molar-refractivity contribution >= 4 is 17.6 Å². The van der Waals surface area contributed by atoms with Gasteiger partial charge in [0.05, 0.1) is 0 Å². The van der Waals surface area contributed by atoms with Gasteiger partial charge in [0.15, 0.2) is 0 Å². The standard InChI is InChI=1S/C14H20N2O4/c1-9-5-6-10(8-11(9)15)13(17)16-12(14(18)19)4-3-7-20-2/h5-6,8,12H,3-4,7,15H2,1-2H3,(H,16,17)(H,18,19). The molecule has 0 saturated carbocycles. The van der Waals surface area contributed by atoms with Crippen LogP contribution in [0.3, 0.4) is 0 Å². The molecule has 0 spiro atoms. The molecule has 1 unspecified atom stereocenters. The fourth-order valence-corrected chi connectivity index (χ4v) is 1.71. The molecular formula is C14H20N2O4. The number of hydrogen-bond donors (Lipinski definition) is 3. The Morgan fingerprint density at radius 3 is 2.70 bits per heavy atom. The van der Waals surface area contributed by atoms with Crippen molar-refractivity contribution in [1.29, 1.82) is 0 Å². The Hall–Kier alpha value is -2.08. The maximum atomic E-state index is 12.0. The molecule has 6 heteroatoms. The highest BCUT2D eigenvalue weighted by Gasteiger charge is 2.20. The summed E-state index contributed by atoms with van der Waals surface area (Å²) >= 11 is 0. The molecule has 0 fully saturated rings. The van der Waals surface area contributed by atoms with Gasteiger partial charge in [0.25, 0.3) is 5.91 Å². The quantitative estimate of drug-likeness (QED) is 0.514. The molecule has 0 radical (unpaired) electrons. The smallest absolute Gasteiger partial charge is 0.326 e. The predicted octanol–water partition coefficient (Wildman–Crippen LogP) is 1.19. The number of carbonyl (C=O) groups excluding carboxylic acids is 1. The normalized spacial score (nSPS) is 11.9. The number of nitrogen functional groups attached to an aromatic ring is 1. The molecule has 1 atom stereocenters. The minimum Gasteiger partial charge on any atom is -0.480 e. The Labute approximate surface area is 117 Å². The number of hydrogen-bond acceptors (Lipinski definition) is 4. The molecule has 0 aliphatic carbocycles. The zero-order valence-corrected chi connectivity index (χ0v) is 11.7. The van der Waals surface area contributed by atoms with Crippen molar-refractivity contribution in [1.82, 2.24) is 5.32 Å². The topological polar surface area (TPSA) is 102 Å². The van der Waals surface area contributed by atoms with Crippen molar-refractivity contribution in [3.63, 3.8) is 0 Å². The highest BCUT2D eigenvalue weighted by molar-refractivity contribution is 5.97. The lowest BCUT2D eigenvalue weighted by Gasteiger charge is -2.14. The van der Waals surface area contributed by atoms with Crippen LogP contribution in [-0.4, -0.2) is 36.7 Å². The van der Waals surface area contributed by atoms with Gasteiger partial charge in [-0.25, -0.2) is 4.79 Å². The summed E-state index contributed by atoms with van der Waals surface area (Å²) in [5.41, 5.74) is 7.46. The lowest BCUT2D eigenvalue weighted by atomic mass is 10.1. The Kier molecular flexibility index (Phi) is 5.99. The second-order valence-electron chi connectivity index (χ2n) is 4.57. The first kappa shape index (κ1) is 16.0. The number of carboxylic acid groups (broad SMARTS) is 1. The van der Waals surface area contributed by atoms with Gasteiger partial charge in [-0.3, -0.25) is 4.79 Å². The van der Waals surface area contributed by atoms with Gasteiger partial charge in [-0.1, -0.05) is 6.07 Å². The molecule has 4 N–H and O–H groups in total. The number of ether oxygens (including phenoxy) is 1. The second kappa shape index (κ2) is 7.49. The molecule has 1 aromatic rings. The van der Waals surface area contributed by atoms with Crippen LogP contribution in [0.1, 0.15) is 28.8 Å². The third-order valence-corrected chi connectivity index (χ3v) is 2.99. The van der Waals surface area contributed by atoms with E-state index in [0.717, 1.165) is 5.56 Å².